The summed E-state index contributed by atoms with van der Waals surface area (Å²) in [5, 5.41) is 0. The molecule has 0 saturated heterocycles. The number of ketones is 1. The summed E-state index contributed by atoms with van der Waals surface area (Å²) in [6.07, 6.45) is 2.47. The summed E-state index contributed by atoms with van der Waals surface area (Å²) in [5.74, 6) is -0.477. The SMILES string of the molecule is CCOC(=O)c1cc2c(s1)-c1ccccc1N(C(=O)c1ccc(CC(=O)c3cccnc3Br)cc1)CC2. The normalized spacial score (nSPS) is 12.3. The van der Waals surface area contributed by atoms with E-state index in [4.69, 9.17) is 4.74 Å². The molecule has 37 heavy (non-hydrogen) atoms. The van der Waals surface area contributed by atoms with Crippen LogP contribution in [0.4, 0.5) is 5.69 Å². The van der Waals surface area contributed by atoms with Crippen LogP contribution in [0, 0.1) is 0 Å². The first-order valence-corrected chi connectivity index (χ1v) is 13.5. The van der Waals surface area contributed by atoms with Crippen LogP contribution in [0.25, 0.3) is 10.4 Å². The third kappa shape index (κ3) is 5.12. The predicted octanol–water partition coefficient (Wildman–Crippen LogP) is 6.38. The fourth-order valence-corrected chi connectivity index (χ4v) is 6.02. The van der Waals surface area contributed by atoms with Crippen LogP contribution >= 0.6 is 27.3 Å². The van der Waals surface area contributed by atoms with Crippen LogP contribution in [0.15, 0.2) is 77.5 Å². The molecule has 3 heterocycles. The number of fused-ring (bicyclic) bond motifs is 3. The Labute approximate surface area is 227 Å². The third-order valence-corrected chi connectivity index (χ3v) is 8.02. The van der Waals surface area contributed by atoms with Gasteiger partial charge in [0.15, 0.2) is 5.78 Å². The van der Waals surface area contributed by atoms with Gasteiger partial charge in [-0.3, -0.25) is 9.59 Å². The molecule has 0 atom stereocenters. The molecule has 0 aliphatic carbocycles. The lowest BCUT2D eigenvalue weighted by atomic mass is 10.0. The zero-order chi connectivity index (χ0) is 25.9. The zero-order valence-corrected chi connectivity index (χ0v) is 22.5. The topological polar surface area (TPSA) is 76.6 Å². The van der Waals surface area contributed by atoms with Gasteiger partial charge in [0.2, 0.25) is 0 Å². The van der Waals surface area contributed by atoms with Crippen molar-refractivity contribution in [2.24, 2.45) is 0 Å². The van der Waals surface area contributed by atoms with Crippen molar-refractivity contribution in [3.05, 3.63) is 105 Å². The van der Waals surface area contributed by atoms with Gasteiger partial charge in [-0.05, 0) is 76.8 Å². The number of pyridine rings is 1. The number of ether oxygens (including phenoxy) is 1. The summed E-state index contributed by atoms with van der Waals surface area (Å²) in [6.45, 7) is 2.60. The number of thiophene rings is 1. The molecule has 2 aromatic carbocycles. The van der Waals surface area contributed by atoms with Crippen molar-refractivity contribution in [2.45, 2.75) is 19.8 Å². The number of carbonyl (C=O) groups excluding carboxylic acids is 3. The smallest absolute Gasteiger partial charge is 0.348 e. The molecule has 4 aromatic rings. The molecule has 0 radical (unpaired) electrons. The number of hydrogen-bond acceptors (Lipinski definition) is 6. The summed E-state index contributed by atoms with van der Waals surface area (Å²) >= 11 is 4.73. The third-order valence-electron chi connectivity index (χ3n) is 6.20. The molecule has 186 valence electrons. The van der Waals surface area contributed by atoms with E-state index in [2.05, 4.69) is 20.9 Å². The number of halogens is 1. The molecule has 0 fully saturated rings. The average molecular weight is 575 g/mol. The highest BCUT2D eigenvalue weighted by Gasteiger charge is 2.27. The summed E-state index contributed by atoms with van der Waals surface area (Å²) < 4.78 is 5.71. The van der Waals surface area contributed by atoms with E-state index in [9.17, 15) is 14.4 Å². The molecule has 6 nitrogen and oxygen atoms in total. The van der Waals surface area contributed by atoms with Crippen molar-refractivity contribution in [1.29, 1.82) is 0 Å². The van der Waals surface area contributed by atoms with Crippen LogP contribution in [0.5, 0.6) is 0 Å². The highest BCUT2D eigenvalue weighted by Crippen LogP contribution is 2.42. The summed E-state index contributed by atoms with van der Waals surface area (Å²) in [6, 6.07) is 20.3. The average Bonchev–Trinajstić information content (AvgIpc) is 3.27. The van der Waals surface area contributed by atoms with Crippen LogP contribution in [0.2, 0.25) is 0 Å². The van der Waals surface area contributed by atoms with Crippen molar-refractivity contribution in [1.82, 2.24) is 4.98 Å². The van der Waals surface area contributed by atoms with Gasteiger partial charge in [0, 0.05) is 35.2 Å². The van der Waals surface area contributed by atoms with Crippen molar-refractivity contribution in [3.8, 4) is 10.4 Å². The van der Waals surface area contributed by atoms with Crippen molar-refractivity contribution in [2.75, 3.05) is 18.1 Å². The van der Waals surface area contributed by atoms with Gasteiger partial charge >= 0.3 is 5.97 Å². The van der Waals surface area contributed by atoms with E-state index in [-0.39, 0.29) is 24.1 Å². The Balaban J connectivity index is 1.38. The first-order valence-electron chi connectivity index (χ1n) is 11.9. The monoisotopic (exact) mass is 574 g/mol. The lowest BCUT2D eigenvalue weighted by molar-refractivity contribution is 0.0531. The van der Waals surface area contributed by atoms with E-state index in [0.29, 0.717) is 40.2 Å². The van der Waals surface area contributed by atoms with Gasteiger partial charge < -0.3 is 9.64 Å². The van der Waals surface area contributed by atoms with Crippen LogP contribution in [-0.2, 0) is 17.6 Å². The molecule has 0 saturated carbocycles. The fraction of sp³-hybridized carbons (Fsp3) is 0.172. The highest BCUT2D eigenvalue weighted by molar-refractivity contribution is 9.10. The summed E-state index contributed by atoms with van der Waals surface area (Å²) in [5.41, 5.74) is 4.67. The van der Waals surface area contributed by atoms with E-state index in [1.807, 2.05) is 42.5 Å². The Morgan fingerprint density at radius 2 is 1.84 bits per heavy atom. The number of para-hydroxylation sites is 1. The van der Waals surface area contributed by atoms with Crippen LogP contribution in [0.3, 0.4) is 0 Å². The van der Waals surface area contributed by atoms with Gasteiger partial charge in [-0.1, -0.05) is 30.3 Å². The number of benzene rings is 2. The maximum atomic E-state index is 13.6. The zero-order valence-electron chi connectivity index (χ0n) is 20.1. The molecule has 5 rings (SSSR count). The van der Waals surface area contributed by atoms with Crippen LogP contribution < -0.4 is 4.90 Å². The first-order chi connectivity index (χ1) is 18.0. The molecule has 0 spiro atoms. The van der Waals surface area contributed by atoms with Gasteiger partial charge in [0.05, 0.1) is 17.9 Å². The number of anilines is 1. The molecular weight excluding hydrogens is 552 g/mol. The summed E-state index contributed by atoms with van der Waals surface area (Å²) in [7, 11) is 0. The lowest BCUT2D eigenvalue weighted by Gasteiger charge is -2.23. The predicted molar refractivity (Wildman–Crippen MR) is 148 cm³/mol. The summed E-state index contributed by atoms with van der Waals surface area (Å²) in [4.78, 5) is 46.1. The lowest BCUT2D eigenvalue weighted by Crippen LogP contribution is -2.32. The van der Waals surface area contributed by atoms with Crippen molar-refractivity contribution >= 4 is 50.6 Å². The Morgan fingerprint density at radius 3 is 2.59 bits per heavy atom. The molecule has 8 heteroatoms. The number of carbonyl (C=O) groups is 3. The Hall–Kier alpha value is -3.62. The Bertz CT molecular complexity index is 1500. The van der Waals surface area contributed by atoms with E-state index in [0.717, 1.165) is 27.3 Å². The fourth-order valence-electron chi connectivity index (χ4n) is 4.41. The van der Waals surface area contributed by atoms with Gasteiger partial charge in [-0.25, -0.2) is 9.78 Å². The van der Waals surface area contributed by atoms with Crippen molar-refractivity contribution in [3.63, 3.8) is 0 Å². The number of nitrogens with zero attached hydrogens (tertiary/aromatic N) is 2. The van der Waals surface area contributed by atoms with Gasteiger partial charge in [0.1, 0.15) is 9.48 Å². The number of aromatic nitrogens is 1. The largest absolute Gasteiger partial charge is 0.462 e. The van der Waals surface area contributed by atoms with Crippen LogP contribution in [0.1, 0.15) is 48.4 Å². The van der Waals surface area contributed by atoms with Crippen LogP contribution in [-0.4, -0.2) is 35.8 Å². The second kappa shape index (κ2) is 10.8. The second-order valence-electron chi connectivity index (χ2n) is 8.55. The molecular formula is C29H23BrN2O4S. The second-order valence-corrected chi connectivity index (χ2v) is 10.4. The number of amides is 1. The van der Waals surface area contributed by atoms with E-state index in [1.165, 1.54) is 11.3 Å². The van der Waals surface area contributed by atoms with Gasteiger partial charge in [-0.15, -0.1) is 11.3 Å². The minimum atomic E-state index is -0.319. The highest BCUT2D eigenvalue weighted by atomic mass is 79.9. The van der Waals surface area contributed by atoms with E-state index in [1.54, 1.807) is 42.3 Å². The molecule has 1 aliphatic heterocycles. The molecule has 2 aromatic heterocycles. The number of Topliss-reactive ketones (excluding diaryl/α,β-unsaturated/α-hetero) is 1. The quantitative estimate of drug-likeness (QED) is 0.152. The minimum Gasteiger partial charge on any atom is -0.462 e. The minimum absolute atomic E-state index is 0.0474. The Morgan fingerprint density at radius 1 is 1.05 bits per heavy atom. The molecule has 1 aliphatic rings. The van der Waals surface area contributed by atoms with Crippen molar-refractivity contribution < 1.29 is 19.1 Å². The van der Waals surface area contributed by atoms with Gasteiger partial charge in [-0.2, -0.15) is 0 Å². The standard InChI is InChI=1S/C29H23BrN2O4S/c1-2-36-29(35)25-17-20-13-15-32(23-8-4-3-6-21(23)26(20)37-25)28(34)19-11-9-18(10-12-19)16-24(33)22-7-5-14-31-27(22)30/h3-12,14,17H,2,13,15-16H2,1H3. The number of rotatable bonds is 6. The molecule has 1 amide bonds. The maximum Gasteiger partial charge on any atom is 0.348 e. The van der Waals surface area contributed by atoms with E-state index >= 15 is 0 Å². The van der Waals surface area contributed by atoms with E-state index < -0.39 is 0 Å². The van der Waals surface area contributed by atoms with Gasteiger partial charge in [0.25, 0.3) is 5.91 Å². The number of hydrogen-bond donors (Lipinski definition) is 0. The Kier molecular flexibility index (Phi) is 7.30. The maximum absolute atomic E-state index is 13.6. The first kappa shape index (κ1) is 25.0. The molecule has 0 N–H and O–H groups in total. The molecule has 0 bridgehead atoms. The molecule has 0 unspecified atom stereocenters. The number of esters is 1.